The molecule has 2 aromatic rings. The van der Waals surface area contributed by atoms with E-state index in [0.717, 1.165) is 16.7 Å². The van der Waals surface area contributed by atoms with Crippen molar-refractivity contribution in [2.45, 2.75) is 45.8 Å². The molecular weight excluding hydrogens is 405 g/mol. The number of hydroxylamine groups is 2. The van der Waals surface area contributed by atoms with Crippen LogP contribution in [-0.4, -0.2) is 26.2 Å². The molecule has 0 spiro atoms. The van der Waals surface area contributed by atoms with Crippen molar-refractivity contribution in [2.75, 3.05) is 0 Å². The molecule has 0 radical (unpaired) electrons. The first-order valence-electron chi connectivity index (χ1n) is 8.75. The minimum atomic E-state index is -1.81. The van der Waals surface area contributed by atoms with Crippen molar-refractivity contribution in [3.05, 3.63) is 56.2 Å². The van der Waals surface area contributed by atoms with Gasteiger partial charge in [0.05, 0.1) is 6.61 Å². The number of hydrogen-bond acceptors (Lipinski definition) is 8. The highest BCUT2D eigenvalue weighted by Crippen LogP contribution is 2.49. The molecule has 3 unspecified atom stereocenters. The van der Waals surface area contributed by atoms with Crippen molar-refractivity contribution in [2.24, 2.45) is 0 Å². The number of nitrogens with one attached hydrogen (secondary N) is 1. The number of aryl methyl sites for hydroxylation is 2. The van der Waals surface area contributed by atoms with Gasteiger partial charge in [-0.15, -0.1) is 0 Å². The zero-order valence-electron chi connectivity index (χ0n) is 15.3. The van der Waals surface area contributed by atoms with Gasteiger partial charge in [0.15, 0.2) is 6.23 Å². The molecule has 1 aromatic carbocycles. The second kappa shape index (κ2) is 8.00. The van der Waals surface area contributed by atoms with Gasteiger partial charge < -0.3 is 9.26 Å². The number of aromatic nitrogens is 2. The molecule has 0 amide bonds. The first-order valence-corrected chi connectivity index (χ1v) is 10.3. The number of ether oxygens (including phenoxy) is 1. The third-order valence-corrected chi connectivity index (χ3v) is 6.01. The molecule has 3 atom stereocenters. The Bertz CT molecular complexity index is 996. The van der Waals surface area contributed by atoms with Crippen molar-refractivity contribution in [3.63, 3.8) is 0 Å². The molecule has 1 aromatic heterocycles. The fraction of sp³-hybridized carbons (Fsp3) is 0.412. The van der Waals surface area contributed by atoms with Crippen molar-refractivity contribution in [1.29, 1.82) is 0 Å². The van der Waals surface area contributed by atoms with Crippen LogP contribution in [0.2, 0.25) is 0 Å². The topological polar surface area (TPSA) is 98.2 Å². The summed E-state index contributed by atoms with van der Waals surface area (Å²) in [4.78, 5) is 14.7. The highest BCUT2D eigenvalue weighted by molar-refractivity contribution is 7.71. The Balaban J connectivity index is 1.40. The molecule has 2 N–H and O–H groups in total. The maximum atomic E-state index is 12.1. The van der Waals surface area contributed by atoms with Crippen molar-refractivity contribution in [1.82, 2.24) is 14.8 Å². The summed E-state index contributed by atoms with van der Waals surface area (Å²) >= 11 is 5.06. The van der Waals surface area contributed by atoms with E-state index in [9.17, 15) is 10.0 Å². The van der Waals surface area contributed by atoms with Crippen molar-refractivity contribution >= 4 is 20.8 Å². The second-order valence-corrected chi connectivity index (χ2v) is 8.10. The van der Waals surface area contributed by atoms with E-state index in [1.54, 1.807) is 6.20 Å². The Morgan fingerprint density at radius 2 is 2.18 bits per heavy atom. The highest BCUT2D eigenvalue weighted by Gasteiger charge is 2.36. The normalized spacial score (nSPS) is 24.2. The number of H-pyrrole nitrogens is 1. The van der Waals surface area contributed by atoms with Gasteiger partial charge in [-0.1, -0.05) is 30.4 Å². The third-order valence-electron chi connectivity index (χ3n) is 4.61. The minimum Gasteiger partial charge on any atom is -0.425 e. The lowest BCUT2D eigenvalue weighted by atomic mass is 10.1. The van der Waals surface area contributed by atoms with Gasteiger partial charge in [-0.2, -0.15) is 4.62 Å². The molecular formula is C17H20N3O6PS. The monoisotopic (exact) mass is 425 g/mol. The summed E-state index contributed by atoms with van der Waals surface area (Å²) in [6.07, 6.45) is 1.34. The summed E-state index contributed by atoms with van der Waals surface area (Å²) in [5, 5.41) is 10.9. The van der Waals surface area contributed by atoms with Crippen LogP contribution in [0.25, 0.3) is 0 Å². The van der Waals surface area contributed by atoms with Crippen LogP contribution in [0.4, 0.5) is 0 Å². The van der Waals surface area contributed by atoms with E-state index in [2.05, 4.69) is 4.98 Å². The predicted molar refractivity (Wildman–Crippen MR) is 102 cm³/mol. The molecule has 28 heavy (non-hydrogen) atoms. The van der Waals surface area contributed by atoms with Gasteiger partial charge in [0, 0.05) is 17.3 Å². The molecule has 4 rings (SSSR count). The predicted octanol–water partition coefficient (Wildman–Crippen LogP) is 3.62. The zero-order chi connectivity index (χ0) is 19.8. The summed E-state index contributed by atoms with van der Waals surface area (Å²) in [6.45, 7) is 4.08. The zero-order valence-corrected chi connectivity index (χ0v) is 17.0. The first-order chi connectivity index (χ1) is 13.4. The fourth-order valence-corrected chi connectivity index (χ4v) is 4.28. The highest BCUT2D eigenvalue weighted by atomic mass is 32.1. The maximum absolute atomic E-state index is 12.1. The number of hydrogen-bond donors (Lipinski definition) is 2. The molecule has 2 aliphatic rings. The van der Waals surface area contributed by atoms with Gasteiger partial charge >= 0.3 is 14.3 Å². The van der Waals surface area contributed by atoms with Crippen molar-refractivity contribution < 1.29 is 23.6 Å². The second-order valence-electron chi connectivity index (χ2n) is 6.64. The van der Waals surface area contributed by atoms with Crippen LogP contribution in [0.5, 0.6) is 5.75 Å². The summed E-state index contributed by atoms with van der Waals surface area (Å²) in [5.74, 6) is 0.708. The standard InChI is InChI=1S/C17H20N3O6PS/c1-10-4-3-5-12-9-23-27(25-15(10)12)26-20(22)14-7-6-13(24-14)19-8-11(2)16(28)18-17(19)21/h3-5,8,13-14,22H,6-7,9H2,1-2H3,(H,18,21,28). The third kappa shape index (κ3) is 3.90. The Morgan fingerprint density at radius 3 is 3.00 bits per heavy atom. The molecule has 1 fully saturated rings. The smallest absolute Gasteiger partial charge is 0.418 e. The minimum absolute atomic E-state index is 0.336. The Hall–Kier alpha value is -1.65. The Labute approximate surface area is 167 Å². The average molecular weight is 425 g/mol. The van der Waals surface area contributed by atoms with Gasteiger partial charge in [-0.3, -0.25) is 19.3 Å². The van der Waals surface area contributed by atoms with Crippen LogP contribution in [0.3, 0.4) is 0 Å². The van der Waals surface area contributed by atoms with E-state index in [-0.39, 0.29) is 5.69 Å². The van der Waals surface area contributed by atoms with E-state index in [1.165, 1.54) is 4.57 Å². The number of fused-ring (bicyclic) bond motifs is 1. The van der Waals surface area contributed by atoms with Crippen LogP contribution in [0.1, 0.15) is 35.8 Å². The molecule has 0 saturated carbocycles. The van der Waals surface area contributed by atoms with Crippen LogP contribution in [0.15, 0.2) is 29.2 Å². The number of para-hydroxylation sites is 1. The molecule has 9 nitrogen and oxygen atoms in total. The van der Waals surface area contributed by atoms with Crippen LogP contribution < -0.4 is 10.2 Å². The molecule has 1 saturated heterocycles. The van der Waals surface area contributed by atoms with Crippen molar-refractivity contribution in [3.8, 4) is 5.75 Å². The molecule has 0 aliphatic carbocycles. The first kappa shape index (κ1) is 19.7. The Kier molecular flexibility index (Phi) is 5.62. The lowest BCUT2D eigenvalue weighted by Crippen LogP contribution is -2.33. The summed E-state index contributed by atoms with van der Waals surface area (Å²) in [6, 6.07) is 5.78. The van der Waals surface area contributed by atoms with Gasteiger partial charge in [-0.25, -0.2) is 4.79 Å². The molecule has 150 valence electrons. The number of rotatable bonds is 4. The van der Waals surface area contributed by atoms with Gasteiger partial charge in [-0.05, 0) is 37.5 Å². The van der Waals surface area contributed by atoms with E-state index in [0.29, 0.717) is 35.1 Å². The SMILES string of the molecule is Cc1cccc2c1OP(ON(O)C1CCC(n3cc(C)c(=S)[nH]c3=O)O1)OC2. The lowest BCUT2D eigenvalue weighted by Gasteiger charge is -2.28. The van der Waals surface area contributed by atoms with Crippen LogP contribution in [0, 0.1) is 18.5 Å². The van der Waals surface area contributed by atoms with E-state index >= 15 is 0 Å². The molecule has 0 bridgehead atoms. The molecule has 11 heteroatoms. The van der Waals surface area contributed by atoms with Gasteiger partial charge in [0.25, 0.3) is 0 Å². The average Bonchev–Trinajstić information content (AvgIpc) is 3.15. The largest absolute Gasteiger partial charge is 0.425 e. The summed E-state index contributed by atoms with van der Waals surface area (Å²) in [7, 11) is -1.81. The van der Waals surface area contributed by atoms with E-state index in [1.807, 2.05) is 32.0 Å². The van der Waals surface area contributed by atoms with Crippen LogP contribution in [-0.2, 0) is 20.5 Å². The maximum Gasteiger partial charge on any atom is 0.418 e. The quantitative estimate of drug-likeness (QED) is 0.436. The van der Waals surface area contributed by atoms with Gasteiger partial charge in [0.2, 0.25) is 0 Å². The fourth-order valence-electron chi connectivity index (χ4n) is 3.11. The molecule has 2 aliphatic heterocycles. The summed E-state index contributed by atoms with van der Waals surface area (Å²) < 4.78 is 24.3. The van der Waals surface area contributed by atoms with Crippen LogP contribution >= 0.6 is 20.8 Å². The number of benzene rings is 1. The Morgan fingerprint density at radius 1 is 1.36 bits per heavy atom. The van der Waals surface area contributed by atoms with E-state index in [4.69, 9.17) is 30.6 Å². The number of aromatic amines is 1. The van der Waals surface area contributed by atoms with Gasteiger partial charge in [0.1, 0.15) is 16.6 Å². The van der Waals surface area contributed by atoms with E-state index < -0.39 is 21.1 Å². The molecule has 3 heterocycles. The lowest BCUT2D eigenvalue weighted by molar-refractivity contribution is -0.359. The number of nitrogens with zero attached hydrogens (tertiary/aromatic N) is 2. The summed E-state index contributed by atoms with van der Waals surface area (Å²) in [5.41, 5.74) is 2.30.